The molecule has 102 valence electrons. The van der Waals surface area contributed by atoms with Gasteiger partial charge in [0.25, 0.3) is 0 Å². The van der Waals surface area contributed by atoms with Crippen molar-refractivity contribution in [1.82, 2.24) is 9.88 Å². The van der Waals surface area contributed by atoms with Gasteiger partial charge in [-0.2, -0.15) is 0 Å². The lowest BCUT2D eigenvalue weighted by Crippen LogP contribution is -2.20. The predicted octanol–water partition coefficient (Wildman–Crippen LogP) is 2.63. The van der Waals surface area contributed by atoms with Gasteiger partial charge in [0.1, 0.15) is 5.75 Å². The van der Waals surface area contributed by atoms with E-state index in [0.29, 0.717) is 6.61 Å². The van der Waals surface area contributed by atoms with Gasteiger partial charge in [-0.05, 0) is 37.7 Å². The van der Waals surface area contributed by atoms with Crippen LogP contribution in [0.2, 0.25) is 0 Å². The standard InChI is InChI=1S/C14H19N3OS/c1-17(9-13-10-19-11-16-13)7-2-8-18-14-5-3-12(15)4-6-14/h3-6,10-11H,2,7-9,15H2,1H3. The summed E-state index contributed by atoms with van der Waals surface area (Å²) in [6.45, 7) is 2.60. The second-order valence-corrected chi connectivity index (χ2v) is 5.21. The molecular formula is C14H19N3OS. The Morgan fingerprint density at radius 1 is 1.32 bits per heavy atom. The van der Waals surface area contributed by atoms with Crippen molar-refractivity contribution < 1.29 is 4.74 Å². The van der Waals surface area contributed by atoms with Crippen molar-refractivity contribution in [3.63, 3.8) is 0 Å². The second kappa shape index (κ2) is 7.11. The van der Waals surface area contributed by atoms with E-state index < -0.39 is 0 Å². The monoisotopic (exact) mass is 277 g/mol. The Bertz CT molecular complexity index is 470. The number of benzene rings is 1. The molecule has 0 atom stereocenters. The van der Waals surface area contributed by atoms with Gasteiger partial charge in [0.15, 0.2) is 0 Å². The fraction of sp³-hybridized carbons (Fsp3) is 0.357. The first-order chi connectivity index (χ1) is 9.24. The Morgan fingerprint density at radius 2 is 2.11 bits per heavy atom. The van der Waals surface area contributed by atoms with Crippen LogP contribution in [0.15, 0.2) is 35.2 Å². The van der Waals surface area contributed by atoms with Crippen molar-refractivity contribution in [1.29, 1.82) is 0 Å². The molecule has 0 aliphatic heterocycles. The highest BCUT2D eigenvalue weighted by atomic mass is 32.1. The van der Waals surface area contributed by atoms with Crippen LogP contribution in [0, 0.1) is 0 Å². The van der Waals surface area contributed by atoms with Crippen LogP contribution in [0.3, 0.4) is 0 Å². The van der Waals surface area contributed by atoms with Crippen LogP contribution in [0.5, 0.6) is 5.75 Å². The molecule has 2 rings (SSSR count). The highest BCUT2D eigenvalue weighted by Crippen LogP contribution is 2.13. The number of anilines is 1. The summed E-state index contributed by atoms with van der Waals surface area (Å²) in [5.74, 6) is 0.872. The lowest BCUT2D eigenvalue weighted by molar-refractivity contribution is 0.257. The minimum absolute atomic E-state index is 0.714. The zero-order valence-corrected chi connectivity index (χ0v) is 11.9. The molecule has 1 aromatic heterocycles. The average Bonchev–Trinajstić information content (AvgIpc) is 2.89. The smallest absolute Gasteiger partial charge is 0.119 e. The average molecular weight is 277 g/mol. The molecule has 4 nitrogen and oxygen atoms in total. The molecular weight excluding hydrogens is 258 g/mol. The summed E-state index contributed by atoms with van der Waals surface area (Å²) in [5.41, 5.74) is 9.38. The molecule has 0 saturated heterocycles. The number of nitrogen functional groups attached to an aromatic ring is 1. The number of nitrogens with two attached hydrogens (primary N) is 1. The van der Waals surface area contributed by atoms with Gasteiger partial charge in [0.2, 0.25) is 0 Å². The molecule has 0 aliphatic carbocycles. The van der Waals surface area contributed by atoms with Crippen LogP contribution in [-0.4, -0.2) is 30.1 Å². The van der Waals surface area contributed by atoms with Gasteiger partial charge in [-0.15, -0.1) is 11.3 Å². The molecule has 0 unspecified atom stereocenters. The third-order valence-electron chi connectivity index (χ3n) is 2.75. The largest absolute Gasteiger partial charge is 0.494 e. The first kappa shape index (κ1) is 13.8. The molecule has 19 heavy (non-hydrogen) atoms. The summed E-state index contributed by atoms with van der Waals surface area (Å²) in [6.07, 6.45) is 0.991. The van der Waals surface area contributed by atoms with E-state index in [1.807, 2.05) is 29.8 Å². The third-order valence-corrected chi connectivity index (χ3v) is 3.38. The molecule has 0 spiro atoms. The molecule has 0 bridgehead atoms. The first-order valence-corrected chi connectivity index (χ1v) is 7.22. The van der Waals surface area contributed by atoms with Crippen molar-refractivity contribution in [3.8, 4) is 5.75 Å². The summed E-state index contributed by atoms with van der Waals surface area (Å²) in [7, 11) is 2.10. The molecule has 1 aromatic carbocycles. The van der Waals surface area contributed by atoms with Crippen LogP contribution >= 0.6 is 11.3 Å². The third kappa shape index (κ3) is 4.89. The fourth-order valence-corrected chi connectivity index (χ4v) is 2.31. The van der Waals surface area contributed by atoms with Gasteiger partial charge in [-0.25, -0.2) is 4.98 Å². The Balaban J connectivity index is 1.62. The van der Waals surface area contributed by atoms with Crippen molar-refractivity contribution in [2.45, 2.75) is 13.0 Å². The van der Waals surface area contributed by atoms with E-state index in [1.54, 1.807) is 11.3 Å². The highest BCUT2D eigenvalue weighted by Gasteiger charge is 2.02. The molecule has 0 aliphatic rings. The molecule has 0 saturated carbocycles. The maximum Gasteiger partial charge on any atom is 0.119 e. The minimum atomic E-state index is 0.714. The van der Waals surface area contributed by atoms with Gasteiger partial charge in [0, 0.05) is 24.2 Å². The van der Waals surface area contributed by atoms with E-state index >= 15 is 0 Å². The maximum atomic E-state index is 5.65. The van der Waals surface area contributed by atoms with E-state index in [9.17, 15) is 0 Å². The van der Waals surface area contributed by atoms with E-state index in [1.165, 1.54) is 0 Å². The van der Waals surface area contributed by atoms with Crippen LogP contribution in [0.4, 0.5) is 5.69 Å². The number of nitrogens with zero attached hydrogens (tertiary/aromatic N) is 2. The summed E-state index contributed by atoms with van der Waals surface area (Å²) >= 11 is 1.64. The van der Waals surface area contributed by atoms with E-state index in [2.05, 4.69) is 22.3 Å². The van der Waals surface area contributed by atoms with Gasteiger partial charge in [0.05, 0.1) is 17.8 Å². The van der Waals surface area contributed by atoms with Crippen LogP contribution in [-0.2, 0) is 6.54 Å². The summed E-state index contributed by atoms with van der Waals surface area (Å²) in [4.78, 5) is 6.53. The van der Waals surface area contributed by atoms with Crippen molar-refractivity contribution in [3.05, 3.63) is 40.8 Å². The van der Waals surface area contributed by atoms with Gasteiger partial charge in [-0.3, -0.25) is 0 Å². The lowest BCUT2D eigenvalue weighted by Gasteiger charge is -2.15. The number of aromatic nitrogens is 1. The Kier molecular flexibility index (Phi) is 5.18. The zero-order valence-electron chi connectivity index (χ0n) is 11.1. The normalized spacial score (nSPS) is 10.8. The SMILES string of the molecule is CN(CCCOc1ccc(N)cc1)Cc1cscn1. The van der Waals surface area contributed by atoms with Gasteiger partial charge < -0.3 is 15.4 Å². The van der Waals surface area contributed by atoms with Crippen LogP contribution in [0.25, 0.3) is 0 Å². The Morgan fingerprint density at radius 3 is 2.79 bits per heavy atom. The second-order valence-electron chi connectivity index (χ2n) is 4.49. The number of hydrogen-bond donors (Lipinski definition) is 1. The van der Waals surface area contributed by atoms with Crippen molar-refractivity contribution in [2.75, 3.05) is 25.9 Å². The van der Waals surface area contributed by atoms with E-state index in [4.69, 9.17) is 10.5 Å². The number of thiazole rings is 1. The molecule has 0 radical (unpaired) electrons. The fourth-order valence-electron chi connectivity index (χ4n) is 1.76. The molecule has 2 aromatic rings. The van der Waals surface area contributed by atoms with E-state index in [0.717, 1.165) is 36.6 Å². The zero-order chi connectivity index (χ0) is 13.5. The number of hydrogen-bond acceptors (Lipinski definition) is 5. The Hall–Kier alpha value is -1.59. The van der Waals surface area contributed by atoms with Crippen molar-refractivity contribution >= 4 is 17.0 Å². The number of ether oxygens (including phenoxy) is 1. The summed E-state index contributed by atoms with van der Waals surface area (Å²) < 4.78 is 5.65. The Labute approximate surface area is 117 Å². The quantitative estimate of drug-likeness (QED) is 0.624. The highest BCUT2D eigenvalue weighted by molar-refractivity contribution is 7.07. The van der Waals surface area contributed by atoms with Gasteiger partial charge >= 0.3 is 0 Å². The predicted molar refractivity (Wildman–Crippen MR) is 79.4 cm³/mol. The minimum Gasteiger partial charge on any atom is -0.494 e. The van der Waals surface area contributed by atoms with Crippen LogP contribution < -0.4 is 10.5 Å². The summed E-state index contributed by atoms with van der Waals surface area (Å²) in [6, 6.07) is 7.50. The lowest BCUT2D eigenvalue weighted by atomic mass is 10.3. The maximum absolute atomic E-state index is 5.65. The number of rotatable bonds is 7. The topological polar surface area (TPSA) is 51.4 Å². The molecule has 2 N–H and O–H groups in total. The molecule has 0 fully saturated rings. The summed E-state index contributed by atoms with van der Waals surface area (Å²) in [5, 5.41) is 2.08. The van der Waals surface area contributed by atoms with Crippen LogP contribution in [0.1, 0.15) is 12.1 Å². The molecule has 0 amide bonds. The van der Waals surface area contributed by atoms with E-state index in [-0.39, 0.29) is 0 Å². The first-order valence-electron chi connectivity index (χ1n) is 6.28. The van der Waals surface area contributed by atoms with Crippen molar-refractivity contribution in [2.24, 2.45) is 0 Å². The van der Waals surface area contributed by atoms with Gasteiger partial charge in [-0.1, -0.05) is 0 Å². The molecule has 1 heterocycles. The molecule has 5 heteroatoms.